The van der Waals surface area contributed by atoms with Crippen molar-refractivity contribution >= 4 is 36.5 Å². The summed E-state index contributed by atoms with van der Waals surface area (Å²) in [5.41, 5.74) is 0. The molecule has 0 saturated heterocycles. The Morgan fingerprint density at radius 1 is 1.10 bits per heavy atom. The number of hydrogen-bond acceptors (Lipinski definition) is 3. The first-order valence-corrected chi connectivity index (χ1v) is 9.19. The molecule has 2 aromatic carbocycles. The lowest BCUT2D eigenvalue weighted by Crippen LogP contribution is -2.32. The molecule has 0 unspecified atom stereocenters. The molecular formula is C16H19BrO3S. The van der Waals surface area contributed by atoms with E-state index in [1.807, 2.05) is 36.4 Å². The van der Waals surface area contributed by atoms with Crippen molar-refractivity contribution in [3.8, 4) is 5.75 Å². The highest BCUT2D eigenvalue weighted by molar-refractivity contribution is 9.10. The van der Waals surface area contributed by atoms with Crippen molar-refractivity contribution < 1.29 is 13.2 Å². The Hall–Kier alpha value is -1.07. The van der Waals surface area contributed by atoms with Gasteiger partial charge in [0.25, 0.3) is 0 Å². The van der Waals surface area contributed by atoms with Gasteiger partial charge in [-0.05, 0) is 53.5 Å². The van der Waals surface area contributed by atoms with Crippen LogP contribution in [0.1, 0.15) is 20.8 Å². The molecule has 0 atom stereocenters. The highest BCUT2D eigenvalue weighted by Gasteiger charge is 2.28. The number of hydrogen-bond donors (Lipinski definition) is 0. The van der Waals surface area contributed by atoms with Crippen LogP contribution in [-0.2, 0) is 9.84 Å². The largest absolute Gasteiger partial charge is 0.491 e. The zero-order valence-corrected chi connectivity index (χ0v) is 14.8. The highest BCUT2D eigenvalue weighted by atomic mass is 79.9. The molecule has 0 saturated carbocycles. The fourth-order valence-electron chi connectivity index (χ4n) is 1.89. The van der Waals surface area contributed by atoms with E-state index in [1.165, 1.54) is 0 Å². The van der Waals surface area contributed by atoms with Crippen LogP contribution in [0.4, 0.5) is 0 Å². The smallest absolute Gasteiger partial charge is 0.158 e. The average Bonchev–Trinajstić information content (AvgIpc) is 2.40. The van der Waals surface area contributed by atoms with E-state index in [4.69, 9.17) is 4.74 Å². The molecule has 0 heterocycles. The van der Waals surface area contributed by atoms with Gasteiger partial charge in [0.1, 0.15) is 12.4 Å². The van der Waals surface area contributed by atoms with E-state index in [0.29, 0.717) is 5.75 Å². The Morgan fingerprint density at radius 2 is 1.76 bits per heavy atom. The molecule has 2 aromatic rings. The third kappa shape index (κ3) is 3.58. The summed E-state index contributed by atoms with van der Waals surface area (Å²) in [6.45, 7) is 5.26. The fourth-order valence-corrected chi connectivity index (χ4v) is 3.42. The predicted octanol–water partition coefficient (Wildman–Crippen LogP) is 4.19. The quantitative estimate of drug-likeness (QED) is 0.809. The van der Waals surface area contributed by atoms with Crippen LogP contribution < -0.4 is 4.74 Å². The van der Waals surface area contributed by atoms with Crippen molar-refractivity contribution in [3.05, 3.63) is 40.9 Å². The van der Waals surface area contributed by atoms with Gasteiger partial charge in [0, 0.05) is 0 Å². The molecule has 5 heteroatoms. The number of halogens is 1. The van der Waals surface area contributed by atoms with E-state index in [9.17, 15) is 8.42 Å². The first kappa shape index (κ1) is 16.3. The van der Waals surface area contributed by atoms with Crippen LogP contribution in [0.25, 0.3) is 10.8 Å². The van der Waals surface area contributed by atoms with Crippen LogP contribution in [0.5, 0.6) is 5.75 Å². The molecule has 0 aliphatic heterocycles. The lowest BCUT2D eigenvalue weighted by Gasteiger charge is -2.19. The second-order valence-electron chi connectivity index (χ2n) is 5.88. The number of fused-ring (bicyclic) bond motifs is 1. The summed E-state index contributed by atoms with van der Waals surface area (Å²) in [6.07, 6.45) is 0. The monoisotopic (exact) mass is 370 g/mol. The van der Waals surface area contributed by atoms with Crippen LogP contribution in [-0.4, -0.2) is 25.5 Å². The zero-order chi connectivity index (χ0) is 15.7. The van der Waals surface area contributed by atoms with Gasteiger partial charge < -0.3 is 4.74 Å². The molecule has 0 aliphatic rings. The van der Waals surface area contributed by atoms with Crippen LogP contribution in [0.3, 0.4) is 0 Å². The summed E-state index contributed by atoms with van der Waals surface area (Å²) in [4.78, 5) is 0. The molecule has 0 radical (unpaired) electrons. The van der Waals surface area contributed by atoms with E-state index in [0.717, 1.165) is 15.2 Å². The molecule has 21 heavy (non-hydrogen) atoms. The molecule has 114 valence electrons. The van der Waals surface area contributed by atoms with Crippen molar-refractivity contribution in [2.75, 3.05) is 12.4 Å². The third-order valence-electron chi connectivity index (χ3n) is 3.37. The molecule has 3 nitrogen and oxygen atoms in total. The topological polar surface area (TPSA) is 43.4 Å². The van der Waals surface area contributed by atoms with Crippen molar-refractivity contribution in [1.82, 2.24) is 0 Å². The highest BCUT2D eigenvalue weighted by Crippen LogP contribution is 2.33. The molecule has 0 spiro atoms. The van der Waals surface area contributed by atoms with Crippen molar-refractivity contribution in [1.29, 1.82) is 0 Å². The Morgan fingerprint density at radius 3 is 2.43 bits per heavy atom. The summed E-state index contributed by atoms with van der Waals surface area (Å²) >= 11 is 3.53. The summed E-state index contributed by atoms with van der Waals surface area (Å²) < 4.78 is 29.8. The van der Waals surface area contributed by atoms with E-state index in [-0.39, 0.29) is 12.4 Å². The van der Waals surface area contributed by atoms with Crippen molar-refractivity contribution in [2.24, 2.45) is 0 Å². The number of benzene rings is 2. The Kier molecular flexibility index (Phi) is 4.63. The van der Waals surface area contributed by atoms with E-state index in [1.54, 1.807) is 20.8 Å². The van der Waals surface area contributed by atoms with E-state index >= 15 is 0 Å². The second-order valence-corrected chi connectivity index (χ2v) is 9.53. The molecule has 0 N–H and O–H groups in total. The molecule has 0 aromatic heterocycles. The van der Waals surface area contributed by atoms with Gasteiger partial charge in [-0.2, -0.15) is 0 Å². The molecule has 0 bridgehead atoms. The van der Waals surface area contributed by atoms with Crippen LogP contribution >= 0.6 is 15.9 Å². The maximum Gasteiger partial charge on any atom is 0.158 e. The Labute approximate surface area is 134 Å². The number of ether oxygens (including phenoxy) is 1. The van der Waals surface area contributed by atoms with Gasteiger partial charge in [0.2, 0.25) is 0 Å². The van der Waals surface area contributed by atoms with Crippen molar-refractivity contribution in [3.63, 3.8) is 0 Å². The molecule has 0 fully saturated rings. The average molecular weight is 371 g/mol. The van der Waals surface area contributed by atoms with Gasteiger partial charge in [-0.15, -0.1) is 0 Å². The molecule has 2 rings (SSSR count). The van der Waals surface area contributed by atoms with Gasteiger partial charge in [0.05, 0.1) is 15.0 Å². The maximum absolute atomic E-state index is 12.0. The number of rotatable bonds is 4. The molecule has 0 amide bonds. The number of sulfone groups is 1. The van der Waals surface area contributed by atoms with Gasteiger partial charge >= 0.3 is 0 Å². The van der Waals surface area contributed by atoms with Gasteiger partial charge in [-0.25, -0.2) is 8.42 Å². The van der Waals surface area contributed by atoms with Crippen molar-refractivity contribution in [2.45, 2.75) is 25.5 Å². The first-order chi connectivity index (χ1) is 9.72. The zero-order valence-electron chi connectivity index (χ0n) is 12.4. The molecule has 0 aliphatic carbocycles. The van der Waals surface area contributed by atoms with Gasteiger partial charge in [0.15, 0.2) is 9.84 Å². The van der Waals surface area contributed by atoms with Gasteiger partial charge in [-0.1, -0.05) is 30.3 Å². The summed E-state index contributed by atoms with van der Waals surface area (Å²) in [6, 6.07) is 11.8. The summed E-state index contributed by atoms with van der Waals surface area (Å²) in [5, 5.41) is 2.16. The minimum atomic E-state index is -3.16. The lowest BCUT2D eigenvalue weighted by atomic mass is 10.1. The van der Waals surface area contributed by atoms with Gasteiger partial charge in [-0.3, -0.25) is 0 Å². The van der Waals surface area contributed by atoms with Crippen LogP contribution in [0.2, 0.25) is 0 Å². The minimum absolute atomic E-state index is 0.00969. The molecular weight excluding hydrogens is 352 g/mol. The summed E-state index contributed by atoms with van der Waals surface area (Å²) in [5.74, 6) is 0.674. The SMILES string of the molecule is CC(C)(C)S(=O)(=O)CCOc1ccc2ccccc2c1Br. The Bertz CT molecular complexity index is 746. The lowest BCUT2D eigenvalue weighted by molar-refractivity contribution is 0.338. The minimum Gasteiger partial charge on any atom is -0.491 e. The van der Waals surface area contributed by atoms with Crippen LogP contribution in [0, 0.1) is 0 Å². The van der Waals surface area contributed by atoms with Crippen LogP contribution in [0.15, 0.2) is 40.9 Å². The van der Waals surface area contributed by atoms with E-state index < -0.39 is 14.6 Å². The standard InChI is InChI=1S/C16H19BrO3S/c1-16(2,3)21(18,19)11-10-20-14-9-8-12-6-4-5-7-13(12)15(14)17/h4-9H,10-11H2,1-3H3. The maximum atomic E-state index is 12.0. The fraction of sp³-hybridized carbons (Fsp3) is 0.375. The predicted molar refractivity (Wildman–Crippen MR) is 90.7 cm³/mol. The second kappa shape index (κ2) is 5.97. The Balaban J connectivity index is 2.13. The normalized spacial score (nSPS) is 12.6. The van der Waals surface area contributed by atoms with E-state index in [2.05, 4.69) is 15.9 Å². The third-order valence-corrected chi connectivity index (χ3v) is 6.76. The first-order valence-electron chi connectivity index (χ1n) is 6.75. The summed E-state index contributed by atoms with van der Waals surface area (Å²) in [7, 11) is -3.16.